The Hall–Kier alpha value is -2.52. The second-order valence-corrected chi connectivity index (χ2v) is 6.13. The third kappa shape index (κ3) is 1.52. The average molecular weight is 286 g/mol. The number of rotatable bonds is 0. The monoisotopic (exact) mass is 286 g/mol. The summed E-state index contributed by atoms with van der Waals surface area (Å²) in [5.74, 6) is 0. The fourth-order valence-electron chi connectivity index (χ4n) is 2.87. The van der Waals surface area contributed by atoms with Gasteiger partial charge in [-0.25, -0.2) is 9.97 Å². The number of nitrogens with zero attached hydrogens (tertiary/aromatic N) is 2. The Morgan fingerprint density at radius 2 is 1.43 bits per heavy atom. The summed E-state index contributed by atoms with van der Waals surface area (Å²) in [7, 11) is 0. The molecule has 3 aromatic carbocycles. The lowest BCUT2D eigenvalue weighted by Gasteiger charge is -1.98. The number of aromatic nitrogens is 2. The van der Waals surface area contributed by atoms with Gasteiger partial charge in [0.15, 0.2) is 0 Å². The van der Waals surface area contributed by atoms with Crippen molar-refractivity contribution >= 4 is 53.6 Å². The van der Waals surface area contributed by atoms with Gasteiger partial charge in [-0.3, -0.25) is 0 Å². The van der Waals surface area contributed by atoms with E-state index in [-0.39, 0.29) is 0 Å². The van der Waals surface area contributed by atoms with Gasteiger partial charge in [-0.1, -0.05) is 48.5 Å². The number of fused-ring (bicyclic) bond motifs is 6. The molecule has 0 aliphatic carbocycles. The number of hydrogen-bond acceptors (Lipinski definition) is 3. The normalized spacial score (nSPS) is 11.8. The molecule has 21 heavy (non-hydrogen) atoms. The minimum atomic E-state index is 0.956. The quantitative estimate of drug-likeness (QED) is 0.393. The van der Waals surface area contributed by atoms with Crippen LogP contribution in [0.4, 0.5) is 0 Å². The summed E-state index contributed by atoms with van der Waals surface area (Å²) >= 11 is 1.73. The zero-order valence-corrected chi connectivity index (χ0v) is 11.9. The summed E-state index contributed by atoms with van der Waals surface area (Å²) in [6.07, 6.45) is 0. The van der Waals surface area contributed by atoms with Crippen LogP contribution >= 0.6 is 11.3 Å². The van der Waals surface area contributed by atoms with Crippen molar-refractivity contribution in [1.29, 1.82) is 0 Å². The molecule has 2 nitrogen and oxygen atoms in total. The molecule has 0 aliphatic heterocycles. The van der Waals surface area contributed by atoms with Crippen LogP contribution in [0, 0.1) is 0 Å². The Morgan fingerprint density at radius 1 is 0.667 bits per heavy atom. The van der Waals surface area contributed by atoms with Crippen LogP contribution < -0.4 is 0 Å². The number of para-hydroxylation sites is 2. The molecule has 98 valence electrons. The molecule has 0 saturated heterocycles. The minimum Gasteiger partial charge on any atom is -0.243 e. The molecule has 0 fully saturated rings. The maximum Gasteiger partial charge on any atom is 0.143 e. The Balaban J connectivity index is 2.04. The molecule has 0 amide bonds. The van der Waals surface area contributed by atoms with E-state index in [1.165, 1.54) is 20.9 Å². The molecule has 2 heterocycles. The minimum absolute atomic E-state index is 0.956. The second-order valence-electron chi connectivity index (χ2n) is 5.13. The molecular formula is C18H10N2S. The van der Waals surface area contributed by atoms with Crippen LogP contribution in [-0.2, 0) is 0 Å². The van der Waals surface area contributed by atoms with Crippen molar-refractivity contribution < 1.29 is 0 Å². The van der Waals surface area contributed by atoms with Crippen LogP contribution in [0.25, 0.3) is 42.2 Å². The third-order valence-electron chi connectivity index (χ3n) is 3.87. The summed E-state index contributed by atoms with van der Waals surface area (Å²) in [6.45, 7) is 0. The maximum atomic E-state index is 4.82. The van der Waals surface area contributed by atoms with Crippen molar-refractivity contribution in [1.82, 2.24) is 9.97 Å². The molecule has 0 atom stereocenters. The van der Waals surface area contributed by atoms with E-state index in [0.717, 1.165) is 21.4 Å². The summed E-state index contributed by atoms with van der Waals surface area (Å²) in [4.78, 5) is 10.6. The van der Waals surface area contributed by atoms with E-state index >= 15 is 0 Å². The smallest absolute Gasteiger partial charge is 0.143 e. The molecule has 0 radical (unpaired) electrons. The summed E-state index contributed by atoms with van der Waals surface area (Å²) in [6, 6.07) is 20.9. The highest BCUT2D eigenvalue weighted by atomic mass is 32.1. The highest BCUT2D eigenvalue weighted by Gasteiger charge is 2.11. The topological polar surface area (TPSA) is 25.8 Å². The van der Waals surface area contributed by atoms with Gasteiger partial charge in [-0.05, 0) is 22.9 Å². The van der Waals surface area contributed by atoms with E-state index in [2.05, 4.69) is 36.4 Å². The lowest BCUT2D eigenvalue weighted by molar-refractivity contribution is 1.43. The molecule has 0 aliphatic rings. The molecule has 0 unspecified atom stereocenters. The van der Waals surface area contributed by atoms with E-state index in [1.54, 1.807) is 11.3 Å². The molecular weight excluding hydrogens is 276 g/mol. The largest absolute Gasteiger partial charge is 0.243 e. The van der Waals surface area contributed by atoms with E-state index in [1.807, 2.05) is 24.3 Å². The lowest BCUT2D eigenvalue weighted by Crippen LogP contribution is -1.83. The first-order valence-electron chi connectivity index (χ1n) is 6.87. The van der Waals surface area contributed by atoms with Crippen LogP contribution in [0.5, 0.6) is 0 Å². The van der Waals surface area contributed by atoms with Crippen molar-refractivity contribution in [3.8, 4) is 0 Å². The fourth-order valence-corrected chi connectivity index (χ4v) is 4.03. The van der Waals surface area contributed by atoms with Gasteiger partial charge in [0, 0.05) is 10.1 Å². The van der Waals surface area contributed by atoms with Crippen molar-refractivity contribution in [2.24, 2.45) is 0 Å². The molecule has 0 N–H and O–H groups in total. The summed E-state index contributed by atoms with van der Waals surface area (Å²) in [5, 5.41) is 3.75. The zero-order valence-electron chi connectivity index (χ0n) is 11.1. The predicted octanol–water partition coefficient (Wildman–Crippen LogP) is 5.15. The first-order valence-corrected chi connectivity index (χ1v) is 7.68. The van der Waals surface area contributed by atoms with Gasteiger partial charge in [-0.2, -0.15) is 0 Å². The van der Waals surface area contributed by atoms with E-state index in [9.17, 15) is 0 Å². The van der Waals surface area contributed by atoms with Crippen LogP contribution in [0.15, 0.2) is 60.7 Å². The van der Waals surface area contributed by atoms with Crippen molar-refractivity contribution in [3.63, 3.8) is 0 Å². The SMILES string of the molecule is c1ccc2c(c1)ccc1c3nc4ccccc4nc3sc21. The van der Waals surface area contributed by atoms with E-state index in [4.69, 9.17) is 9.97 Å². The highest BCUT2D eigenvalue weighted by molar-refractivity contribution is 7.26. The van der Waals surface area contributed by atoms with Crippen LogP contribution in [0.3, 0.4) is 0 Å². The zero-order chi connectivity index (χ0) is 13.8. The highest BCUT2D eigenvalue weighted by Crippen LogP contribution is 2.37. The van der Waals surface area contributed by atoms with E-state index in [0.29, 0.717) is 0 Å². The lowest BCUT2D eigenvalue weighted by atomic mass is 10.1. The third-order valence-corrected chi connectivity index (χ3v) is 4.99. The summed E-state index contributed by atoms with van der Waals surface area (Å²) in [5.41, 5.74) is 2.93. The van der Waals surface area contributed by atoms with Gasteiger partial charge in [0.05, 0.1) is 11.0 Å². The molecule has 2 aromatic heterocycles. The fraction of sp³-hybridized carbons (Fsp3) is 0. The molecule has 0 bridgehead atoms. The Bertz CT molecular complexity index is 1140. The summed E-state index contributed by atoms with van der Waals surface area (Å²) < 4.78 is 1.28. The molecule has 5 aromatic rings. The number of thiophene rings is 1. The Kier molecular flexibility index (Phi) is 2.12. The van der Waals surface area contributed by atoms with Crippen molar-refractivity contribution in [2.45, 2.75) is 0 Å². The Labute approximate surface area is 124 Å². The van der Waals surface area contributed by atoms with Crippen LogP contribution in [0.1, 0.15) is 0 Å². The molecule has 3 heteroatoms. The van der Waals surface area contributed by atoms with Gasteiger partial charge >= 0.3 is 0 Å². The Morgan fingerprint density at radius 3 is 2.33 bits per heavy atom. The number of hydrogen-bond donors (Lipinski definition) is 0. The molecule has 0 spiro atoms. The van der Waals surface area contributed by atoms with Crippen LogP contribution in [-0.4, -0.2) is 9.97 Å². The predicted molar refractivity (Wildman–Crippen MR) is 89.9 cm³/mol. The van der Waals surface area contributed by atoms with Gasteiger partial charge in [0.25, 0.3) is 0 Å². The van der Waals surface area contributed by atoms with Crippen molar-refractivity contribution in [2.75, 3.05) is 0 Å². The first-order chi connectivity index (χ1) is 10.4. The van der Waals surface area contributed by atoms with Gasteiger partial charge in [-0.15, -0.1) is 11.3 Å². The standard InChI is InChI=1S/C18H10N2S/c1-2-6-12-11(5-1)9-10-13-16-18(21-17(12)13)20-15-8-4-3-7-14(15)19-16/h1-10H. The van der Waals surface area contributed by atoms with Crippen molar-refractivity contribution in [3.05, 3.63) is 60.7 Å². The van der Waals surface area contributed by atoms with E-state index < -0.39 is 0 Å². The first kappa shape index (κ1) is 11.2. The van der Waals surface area contributed by atoms with Gasteiger partial charge < -0.3 is 0 Å². The van der Waals surface area contributed by atoms with Gasteiger partial charge in [0.1, 0.15) is 10.3 Å². The number of benzene rings is 3. The van der Waals surface area contributed by atoms with Gasteiger partial charge in [0.2, 0.25) is 0 Å². The molecule has 5 rings (SSSR count). The maximum absolute atomic E-state index is 4.82. The average Bonchev–Trinajstić information content (AvgIpc) is 2.90. The second kappa shape index (κ2) is 3.99. The van der Waals surface area contributed by atoms with Crippen LogP contribution in [0.2, 0.25) is 0 Å². The molecule has 0 saturated carbocycles.